The number of ether oxygens (including phenoxy) is 2. The molecule has 1 aromatic carbocycles. The molecular formula is C26H35N3O7S. The second-order valence-corrected chi connectivity index (χ2v) is 11.1. The number of ketones is 1. The molecule has 4 rings (SSSR count). The third-order valence-corrected chi connectivity index (χ3v) is 8.74. The first kappa shape index (κ1) is 27.5. The van der Waals surface area contributed by atoms with Crippen molar-refractivity contribution in [2.45, 2.75) is 30.7 Å². The highest BCUT2D eigenvalue weighted by atomic mass is 32.2. The molecule has 0 bridgehead atoms. The Labute approximate surface area is 217 Å². The van der Waals surface area contributed by atoms with Gasteiger partial charge in [-0.1, -0.05) is 12.1 Å². The number of nitrogens with zero attached hydrogens (tertiary/aromatic N) is 2. The second-order valence-electron chi connectivity index (χ2n) is 9.19. The quantitative estimate of drug-likeness (QED) is 0.342. The molecule has 0 amide bonds. The number of hydrogen-bond donors (Lipinski definition) is 1. The third kappa shape index (κ3) is 6.85. The molecule has 37 heavy (non-hydrogen) atoms. The highest BCUT2D eigenvalue weighted by Crippen LogP contribution is 2.25. The van der Waals surface area contributed by atoms with Gasteiger partial charge in [-0.2, -0.15) is 4.31 Å². The average molecular weight is 534 g/mol. The Morgan fingerprint density at radius 1 is 1.11 bits per heavy atom. The molecule has 2 aliphatic heterocycles. The molecule has 3 heterocycles. The van der Waals surface area contributed by atoms with Crippen LogP contribution in [0.3, 0.4) is 0 Å². The van der Waals surface area contributed by atoms with E-state index in [2.05, 4.69) is 10.2 Å². The van der Waals surface area contributed by atoms with Gasteiger partial charge in [0.05, 0.1) is 49.5 Å². The molecule has 0 saturated carbocycles. The van der Waals surface area contributed by atoms with E-state index in [1.165, 1.54) is 16.4 Å². The fourth-order valence-electron chi connectivity index (χ4n) is 4.78. The molecule has 1 aromatic heterocycles. The molecule has 0 aliphatic carbocycles. The molecule has 0 spiro atoms. The van der Waals surface area contributed by atoms with Crippen LogP contribution in [-0.2, 0) is 24.3 Å². The van der Waals surface area contributed by atoms with E-state index in [4.69, 9.17) is 13.9 Å². The predicted octanol–water partition coefficient (Wildman–Crippen LogP) is 2.09. The van der Waals surface area contributed by atoms with E-state index < -0.39 is 10.0 Å². The summed E-state index contributed by atoms with van der Waals surface area (Å²) < 4.78 is 44.0. The number of rotatable bonds is 11. The summed E-state index contributed by atoms with van der Waals surface area (Å²) in [6.45, 7) is 5.96. The van der Waals surface area contributed by atoms with Crippen LogP contribution < -0.4 is 5.32 Å². The Kier molecular flexibility index (Phi) is 9.49. The Balaban J connectivity index is 1.35. The highest BCUT2D eigenvalue weighted by molar-refractivity contribution is 7.89. The van der Waals surface area contributed by atoms with Crippen LogP contribution in [0.1, 0.15) is 41.9 Å². The summed E-state index contributed by atoms with van der Waals surface area (Å²) in [4.78, 5) is 27.3. The van der Waals surface area contributed by atoms with Gasteiger partial charge in [-0.3, -0.25) is 14.5 Å². The molecule has 2 aliphatic rings. The fraction of sp³-hybridized carbons (Fsp3) is 0.538. The van der Waals surface area contributed by atoms with E-state index in [-0.39, 0.29) is 48.2 Å². The van der Waals surface area contributed by atoms with Crippen LogP contribution >= 0.6 is 0 Å². The molecule has 11 heteroatoms. The molecule has 1 unspecified atom stereocenters. The first-order valence-electron chi connectivity index (χ1n) is 12.8. The number of piperidine rings is 1. The zero-order valence-corrected chi connectivity index (χ0v) is 22.0. The fourth-order valence-corrected chi connectivity index (χ4v) is 6.29. The van der Waals surface area contributed by atoms with Crippen molar-refractivity contribution in [1.82, 2.24) is 14.5 Å². The van der Waals surface area contributed by atoms with Gasteiger partial charge in [0, 0.05) is 38.3 Å². The van der Waals surface area contributed by atoms with Gasteiger partial charge < -0.3 is 19.2 Å². The van der Waals surface area contributed by atoms with Crippen LogP contribution in [0.25, 0.3) is 0 Å². The van der Waals surface area contributed by atoms with Crippen LogP contribution in [0.15, 0.2) is 52.0 Å². The SMILES string of the molecule is CCOC(=O)C1CCN(S(=O)(=O)c2cccc(C(=O)CNCC(c3ccco3)N3CCOCC3)c2)CC1. The first-order valence-corrected chi connectivity index (χ1v) is 14.2. The molecule has 2 fully saturated rings. The van der Waals surface area contributed by atoms with Crippen LogP contribution in [0.5, 0.6) is 0 Å². The molecule has 1 N–H and O–H groups in total. The third-order valence-electron chi connectivity index (χ3n) is 6.85. The number of carbonyl (C=O) groups excluding carboxylic acids is 2. The molecule has 0 radical (unpaired) electrons. The minimum Gasteiger partial charge on any atom is -0.468 e. The van der Waals surface area contributed by atoms with Crippen molar-refractivity contribution in [3.63, 3.8) is 0 Å². The zero-order chi connectivity index (χ0) is 26.3. The maximum atomic E-state index is 13.2. The first-order chi connectivity index (χ1) is 17.9. The number of carbonyl (C=O) groups is 2. The number of morpholine rings is 1. The lowest BCUT2D eigenvalue weighted by Crippen LogP contribution is -2.43. The molecule has 2 aromatic rings. The van der Waals surface area contributed by atoms with Crippen LogP contribution in [0, 0.1) is 5.92 Å². The standard InChI is InChI=1S/C26H35N3O7S/c1-2-35-26(31)20-8-10-29(11-9-20)37(32,33)22-6-3-5-21(17-22)24(30)19-27-18-23(25-7-4-14-36-25)28-12-15-34-16-13-28/h3-7,14,17,20,23,27H,2,8-13,15-16,18-19H2,1H3. The molecular weight excluding hydrogens is 498 g/mol. The lowest BCUT2D eigenvalue weighted by molar-refractivity contribution is -0.149. The summed E-state index contributed by atoms with van der Waals surface area (Å²) in [6, 6.07) is 9.89. The topological polar surface area (TPSA) is 118 Å². The summed E-state index contributed by atoms with van der Waals surface area (Å²) in [5, 5.41) is 3.22. The van der Waals surface area contributed by atoms with Gasteiger partial charge in [0.2, 0.25) is 10.0 Å². The maximum absolute atomic E-state index is 13.2. The summed E-state index contributed by atoms with van der Waals surface area (Å²) in [5.74, 6) is 0.0651. The van der Waals surface area contributed by atoms with Gasteiger partial charge >= 0.3 is 5.97 Å². The van der Waals surface area contributed by atoms with E-state index in [9.17, 15) is 18.0 Å². The van der Waals surface area contributed by atoms with Gasteiger partial charge in [-0.15, -0.1) is 0 Å². The van der Waals surface area contributed by atoms with E-state index >= 15 is 0 Å². The van der Waals surface area contributed by atoms with E-state index in [0.29, 0.717) is 44.8 Å². The Bertz CT molecular complexity index is 1140. The van der Waals surface area contributed by atoms with Gasteiger partial charge in [0.15, 0.2) is 5.78 Å². The number of benzene rings is 1. The van der Waals surface area contributed by atoms with Gasteiger partial charge in [-0.05, 0) is 44.0 Å². The van der Waals surface area contributed by atoms with Crippen LogP contribution in [-0.4, -0.2) is 88.5 Å². The van der Waals surface area contributed by atoms with Crippen LogP contribution in [0.2, 0.25) is 0 Å². The molecule has 10 nitrogen and oxygen atoms in total. The Morgan fingerprint density at radius 3 is 2.54 bits per heavy atom. The number of nitrogens with one attached hydrogen (secondary N) is 1. The number of furan rings is 1. The Morgan fingerprint density at radius 2 is 1.86 bits per heavy atom. The smallest absolute Gasteiger partial charge is 0.309 e. The maximum Gasteiger partial charge on any atom is 0.309 e. The minimum atomic E-state index is -3.78. The van der Waals surface area contributed by atoms with Crippen molar-refractivity contribution < 1.29 is 31.9 Å². The van der Waals surface area contributed by atoms with Crippen molar-refractivity contribution in [2.75, 3.05) is 59.1 Å². The lowest BCUT2D eigenvalue weighted by Gasteiger charge is -2.33. The van der Waals surface area contributed by atoms with Crippen molar-refractivity contribution in [2.24, 2.45) is 5.92 Å². The molecule has 2 saturated heterocycles. The number of esters is 1. The van der Waals surface area contributed by atoms with E-state index in [1.807, 2.05) is 12.1 Å². The van der Waals surface area contributed by atoms with Crippen molar-refractivity contribution in [3.05, 3.63) is 54.0 Å². The largest absolute Gasteiger partial charge is 0.468 e. The van der Waals surface area contributed by atoms with Crippen molar-refractivity contribution in [1.29, 1.82) is 0 Å². The van der Waals surface area contributed by atoms with Gasteiger partial charge in [0.1, 0.15) is 5.76 Å². The van der Waals surface area contributed by atoms with Crippen molar-refractivity contribution in [3.8, 4) is 0 Å². The summed E-state index contributed by atoms with van der Waals surface area (Å²) in [7, 11) is -3.78. The van der Waals surface area contributed by atoms with Crippen molar-refractivity contribution >= 4 is 21.8 Å². The zero-order valence-electron chi connectivity index (χ0n) is 21.1. The van der Waals surface area contributed by atoms with E-state index in [1.54, 1.807) is 25.3 Å². The predicted molar refractivity (Wildman–Crippen MR) is 136 cm³/mol. The van der Waals surface area contributed by atoms with Crippen LogP contribution in [0.4, 0.5) is 0 Å². The number of Topliss-reactive ketones (excluding diaryl/α,β-unsaturated/α-hetero) is 1. The highest BCUT2D eigenvalue weighted by Gasteiger charge is 2.33. The van der Waals surface area contributed by atoms with Gasteiger partial charge in [-0.25, -0.2) is 8.42 Å². The summed E-state index contributed by atoms with van der Waals surface area (Å²) in [6.07, 6.45) is 2.47. The average Bonchev–Trinajstić information content (AvgIpc) is 3.46. The molecule has 1 atom stereocenters. The minimum absolute atomic E-state index is 0.0315. The lowest BCUT2D eigenvalue weighted by atomic mass is 9.98. The number of sulfonamides is 1. The monoisotopic (exact) mass is 533 g/mol. The number of hydrogen-bond acceptors (Lipinski definition) is 9. The summed E-state index contributed by atoms with van der Waals surface area (Å²) in [5.41, 5.74) is 0.330. The summed E-state index contributed by atoms with van der Waals surface area (Å²) >= 11 is 0. The van der Waals surface area contributed by atoms with Gasteiger partial charge in [0.25, 0.3) is 0 Å². The molecule has 202 valence electrons. The second kappa shape index (κ2) is 12.8. The normalized spacial score (nSPS) is 18.9. The van der Waals surface area contributed by atoms with E-state index in [0.717, 1.165) is 18.8 Å². The Hall–Kier alpha value is -2.57.